The number of hydrogen-bond acceptors (Lipinski definition) is 5. The van der Waals surface area contributed by atoms with E-state index < -0.39 is 16.0 Å². The molecule has 0 fully saturated rings. The lowest BCUT2D eigenvalue weighted by molar-refractivity contribution is 0.0692. The maximum atomic E-state index is 12.5. The second-order valence-corrected chi connectivity index (χ2v) is 6.56. The Kier molecular flexibility index (Phi) is 5.97. The van der Waals surface area contributed by atoms with Gasteiger partial charge in [-0.3, -0.25) is 0 Å². The highest BCUT2D eigenvalue weighted by molar-refractivity contribution is 7.89. The van der Waals surface area contributed by atoms with E-state index in [4.69, 9.17) is 26.2 Å². The van der Waals surface area contributed by atoms with Crippen molar-refractivity contribution >= 4 is 27.6 Å². The zero-order chi connectivity index (χ0) is 16.2. The van der Waals surface area contributed by atoms with Gasteiger partial charge in [0.2, 0.25) is 10.0 Å². The van der Waals surface area contributed by atoms with Crippen molar-refractivity contribution < 1.29 is 27.8 Å². The average molecular weight is 338 g/mol. The van der Waals surface area contributed by atoms with Gasteiger partial charge in [0.15, 0.2) is 5.75 Å². The van der Waals surface area contributed by atoms with E-state index in [2.05, 4.69) is 0 Å². The molecule has 0 amide bonds. The van der Waals surface area contributed by atoms with Gasteiger partial charge in [-0.25, -0.2) is 13.2 Å². The molecule has 0 spiro atoms. The summed E-state index contributed by atoms with van der Waals surface area (Å²) in [6.45, 7) is 0.307. The van der Waals surface area contributed by atoms with Gasteiger partial charge in [-0.05, 0) is 12.1 Å². The Labute approximate surface area is 128 Å². The van der Waals surface area contributed by atoms with Crippen molar-refractivity contribution in [2.45, 2.75) is 4.90 Å². The van der Waals surface area contributed by atoms with Crippen LogP contribution >= 0.6 is 11.6 Å². The molecule has 1 N–H and O–H groups in total. The lowest BCUT2D eigenvalue weighted by Crippen LogP contribution is -2.30. The van der Waals surface area contributed by atoms with E-state index in [0.29, 0.717) is 0 Å². The first-order valence-electron chi connectivity index (χ1n) is 5.81. The summed E-state index contributed by atoms with van der Waals surface area (Å²) in [6, 6.07) is 2.29. The van der Waals surface area contributed by atoms with Gasteiger partial charge in [0.25, 0.3) is 0 Å². The highest BCUT2D eigenvalue weighted by Gasteiger charge is 2.28. The molecule has 0 unspecified atom stereocenters. The number of sulfonamides is 1. The van der Waals surface area contributed by atoms with Gasteiger partial charge in [0, 0.05) is 25.7 Å². The molecule has 118 valence electrons. The topological polar surface area (TPSA) is 93.1 Å². The summed E-state index contributed by atoms with van der Waals surface area (Å²) in [5.41, 5.74) is -0.316. The molecule has 0 atom stereocenters. The van der Waals surface area contributed by atoms with Crippen LogP contribution in [0.25, 0.3) is 0 Å². The molecule has 0 bridgehead atoms. The van der Waals surface area contributed by atoms with Crippen molar-refractivity contribution in [1.82, 2.24) is 4.31 Å². The molecular weight excluding hydrogens is 322 g/mol. The van der Waals surface area contributed by atoms with Crippen LogP contribution in [0.2, 0.25) is 5.02 Å². The third kappa shape index (κ3) is 3.85. The highest BCUT2D eigenvalue weighted by atomic mass is 35.5. The molecule has 0 aliphatic heterocycles. The van der Waals surface area contributed by atoms with E-state index >= 15 is 0 Å². The number of carbonyl (C=O) groups is 1. The van der Waals surface area contributed by atoms with Crippen LogP contribution in [-0.2, 0) is 14.8 Å². The molecule has 0 saturated carbocycles. The predicted molar refractivity (Wildman–Crippen MR) is 76.7 cm³/mol. The van der Waals surface area contributed by atoms with Crippen LogP contribution in [-0.4, -0.2) is 58.2 Å². The van der Waals surface area contributed by atoms with Gasteiger partial charge in [-0.15, -0.1) is 0 Å². The molecule has 0 radical (unpaired) electrons. The number of nitrogens with zero attached hydrogens (tertiary/aromatic N) is 1. The Hall–Kier alpha value is -1.35. The summed E-state index contributed by atoms with van der Waals surface area (Å²) < 4.78 is 35.8. The number of aromatic carboxylic acids is 1. The van der Waals surface area contributed by atoms with Crippen molar-refractivity contribution in [3.8, 4) is 5.75 Å². The van der Waals surface area contributed by atoms with E-state index in [0.717, 1.165) is 16.4 Å². The van der Waals surface area contributed by atoms with E-state index in [1.807, 2.05) is 0 Å². The summed E-state index contributed by atoms with van der Waals surface area (Å²) in [5.74, 6) is -1.58. The second-order valence-electron chi connectivity index (χ2n) is 4.11. The molecule has 1 rings (SSSR count). The number of hydrogen-bond donors (Lipinski definition) is 1. The largest absolute Gasteiger partial charge is 0.494 e. The van der Waals surface area contributed by atoms with Crippen LogP contribution in [0, 0.1) is 0 Å². The molecule has 0 aliphatic carbocycles. The summed E-state index contributed by atoms with van der Waals surface area (Å²) >= 11 is 5.81. The summed E-state index contributed by atoms with van der Waals surface area (Å²) in [6.07, 6.45) is 0. The van der Waals surface area contributed by atoms with Crippen molar-refractivity contribution in [3.63, 3.8) is 0 Å². The monoisotopic (exact) mass is 337 g/mol. The van der Waals surface area contributed by atoms with Gasteiger partial charge in [0.1, 0.15) is 10.5 Å². The highest BCUT2D eigenvalue weighted by Crippen LogP contribution is 2.33. The Balaban J connectivity index is 3.44. The number of likely N-dealkylation sites (N-methyl/N-ethyl adjacent to an activating group) is 1. The average Bonchev–Trinajstić information content (AvgIpc) is 2.43. The zero-order valence-corrected chi connectivity index (χ0v) is 13.4. The molecule has 7 nitrogen and oxygen atoms in total. The van der Waals surface area contributed by atoms with Crippen LogP contribution in [0.5, 0.6) is 5.75 Å². The smallest absolute Gasteiger partial charge is 0.339 e. The fraction of sp³-hybridized carbons (Fsp3) is 0.417. The molecular formula is C12H16ClNO6S. The zero-order valence-electron chi connectivity index (χ0n) is 11.8. The lowest BCUT2D eigenvalue weighted by atomic mass is 10.2. The van der Waals surface area contributed by atoms with Crippen molar-refractivity contribution in [3.05, 3.63) is 22.7 Å². The summed E-state index contributed by atoms with van der Waals surface area (Å²) in [5, 5.41) is 9.12. The van der Waals surface area contributed by atoms with Gasteiger partial charge in [-0.1, -0.05) is 11.6 Å². The minimum absolute atomic E-state index is 0.00748. The first-order valence-corrected chi connectivity index (χ1v) is 7.63. The molecule has 9 heteroatoms. The first kappa shape index (κ1) is 17.7. The minimum atomic E-state index is -3.95. The molecule has 0 aromatic heterocycles. The predicted octanol–water partition coefficient (Wildman–Crippen LogP) is 1.31. The quantitative estimate of drug-likeness (QED) is 0.806. The molecule has 21 heavy (non-hydrogen) atoms. The first-order chi connectivity index (χ1) is 9.75. The number of carboxylic acids is 1. The summed E-state index contributed by atoms with van der Waals surface area (Å²) in [7, 11) is 0.0500. The number of ether oxygens (including phenoxy) is 2. The van der Waals surface area contributed by atoms with Crippen LogP contribution in [0.4, 0.5) is 0 Å². The normalized spacial score (nSPS) is 11.7. The minimum Gasteiger partial charge on any atom is -0.494 e. The molecule has 1 aromatic rings. The Morgan fingerprint density at radius 1 is 1.38 bits per heavy atom. The SMILES string of the molecule is COCCN(C)S(=O)(=O)c1cc(Cl)cc(C(=O)O)c1OC. The second kappa shape index (κ2) is 7.08. The maximum Gasteiger partial charge on any atom is 0.339 e. The van der Waals surface area contributed by atoms with E-state index in [1.165, 1.54) is 21.3 Å². The van der Waals surface area contributed by atoms with Gasteiger partial charge in [-0.2, -0.15) is 4.31 Å². The number of methoxy groups -OCH3 is 2. The third-order valence-electron chi connectivity index (χ3n) is 2.75. The van der Waals surface area contributed by atoms with Crippen molar-refractivity contribution in [2.24, 2.45) is 0 Å². The summed E-state index contributed by atoms with van der Waals surface area (Å²) in [4.78, 5) is 10.9. The van der Waals surface area contributed by atoms with Crippen LogP contribution in [0.3, 0.4) is 0 Å². The van der Waals surface area contributed by atoms with Crippen molar-refractivity contribution in [1.29, 1.82) is 0 Å². The molecule has 1 aromatic carbocycles. The van der Waals surface area contributed by atoms with Crippen LogP contribution < -0.4 is 4.74 Å². The van der Waals surface area contributed by atoms with E-state index in [9.17, 15) is 13.2 Å². The number of rotatable bonds is 7. The fourth-order valence-corrected chi connectivity index (χ4v) is 3.27. The van der Waals surface area contributed by atoms with Crippen molar-refractivity contribution in [2.75, 3.05) is 34.4 Å². The standard InChI is InChI=1S/C12H16ClNO6S/c1-14(4-5-19-2)21(17,18)10-7-8(13)6-9(12(15)16)11(10)20-3/h6-7H,4-5H2,1-3H3,(H,15,16). The van der Waals surface area contributed by atoms with E-state index in [1.54, 1.807) is 0 Å². The Bertz CT molecular complexity index is 631. The lowest BCUT2D eigenvalue weighted by Gasteiger charge is -2.19. The number of benzene rings is 1. The molecule has 0 aliphatic rings. The Morgan fingerprint density at radius 2 is 2.00 bits per heavy atom. The third-order valence-corrected chi connectivity index (χ3v) is 4.83. The van der Waals surface area contributed by atoms with Gasteiger partial charge < -0.3 is 14.6 Å². The fourth-order valence-electron chi connectivity index (χ4n) is 1.64. The maximum absolute atomic E-state index is 12.5. The number of carboxylic acid groups (broad SMARTS) is 1. The van der Waals surface area contributed by atoms with Gasteiger partial charge >= 0.3 is 5.97 Å². The van der Waals surface area contributed by atoms with E-state index in [-0.39, 0.29) is 34.4 Å². The molecule has 0 saturated heterocycles. The molecule has 0 heterocycles. The number of halogens is 1. The Morgan fingerprint density at radius 3 is 2.48 bits per heavy atom. The van der Waals surface area contributed by atoms with Crippen LogP contribution in [0.1, 0.15) is 10.4 Å². The van der Waals surface area contributed by atoms with Gasteiger partial charge in [0.05, 0.1) is 13.7 Å². The van der Waals surface area contributed by atoms with Crippen LogP contribution in [0.15, 0.2) is 17.0 Å².